The van der Waals surface area contributed by atoms with Gasteiger partial charge < -0.3 is 15.4 Å². The normalized spacial score (nSPS) is 15.6. The number of nitrogens with two attached hydrogens (primary N) is 1. The largest absolute Gasteiger partial charge is 0.465 e. The van der Waals surface area contributed by atoms with Crippen molar-refractivity contribution in [3.05, 3.63) is 35.4 Å². The summed E-state index contributed by atoms with van der Waals surface area (Å²) in [7, 11) is 1.28. The van der Waals surface area contributed by atoms with Crippen LogP contribution in [0.1, 0.15) is 33.6 Å². The molecule has 1 saturated heterocycles. The van der Waals surface area contributed by atoms with Gasteiger partial charge >= 0.3 is 5.97 Å². The molecule has 0 radical (unpaired) electrons. The molecule has 6 heteroatoms. The highest BCUT2D eigenvalue weighted by atomic mass is 16.5. The summed E-state index contributed by atoms with van der Waals surface area (Å²) in [5, 5.41) is 0. The number of benzene rings is 1. The summed E-state index contributed by atoms with van der Waals surface area (Å²) in [5.74, 6) is -1.26. The third-order valence-corrected chi connectivity index (χ3v) is 3.75. The van der Waals surface area contributed by atoms with Crippen molar-refractivity contribution >= 4 is 17.8 Å². The SMILES string of the molecule is COC(=O)c1ccccc1C(=O)N1CCC(C(N)=O)CC1. The van der Waals surface area contributed by atoms with Gasteiger partial charge in [0.2, 0.25) is 5.91 Å². The van der Waals surface area contributed by atoms with Gasteiger partial charge in [0.15, 0.2) is 0 Å². The van der Waals surface area contributed by atoms with E-state index in [4.69, 9.17) is 10.5 Å². The summed E-state index contributed by atoms with van der Waals surface area (Å²) < 4.78 is 4.69. The second-order valence-electron chi connectivity index (χ2n) is 5.01. The van der Waals surface area contributed by atoms with E-state index >= 15 is 0 Å². The minimum absolute atomic E-state index is 0.176. The van der Waals surface area contributed by atoms with Gasteiger partial charge in [-0.05, 0) is 25.0 Å². The molecule has 21 heavy (non-hydrogen) atoms. The Labute approximate surface area is 122 Å². The van der Waals surface area contributed by atoms with E-state index < -0.39 is 5.97 Å². The maximum atomic E-state index is 12.5. The van der Waals surface area contributed by atoms with E-state index in [1.807, 2.05) is 0 Å². The number of rotatable bonds is 3. The van der Waals surface area contributed by atoms with E-state index in [-0.39, 0.29) is 23.3 Å². The predicted molar refractivity (Wildman–Crippen MR) is 75.6 cm³/mol. The fourth-order valence-electron chi connectivity index (χ4n) is 2.50. The molecule has 1 aromatic carbocycles. The molecule has 0 bridgehead atoms. The number of methoxy groups -OCH3 is 1. The Balaban J connectivity index is 2.15. The zero-order chi connectivity index (χ0) is 15.4. The zero-order valence-corrected chi connectivity index (χ0v) is 11.9. The molecule has 0 aliphatic carbocycles. The van der Waals surface area contributed by atoms with Crippen LogP contribution in [0.25, 0.3) is 0 Å². The highest BCUT2D eigenvalue weighted by molar-refractivity contribution is 6.05. The van der Waals surface area contributed by atoms with Crippen LogP contribution in [0.5, 0.6) is 0 Å². The summed E-state index contributed by atoms with van der Waals surface area (Å²) in [5.41, 5.74) is 5.85. The van der Waals surface area contributed by atoms with Gasteiger partial charge in [0.1, 0.15) is 0 Å². The fraction of sp³-hybridized carbons (Fsp3) is 0.400. The highest BCUT2D eigenvalue weighted by Crippen LogP contribution is 2.20. The summed E-state index contributed by atoms with van der Waals surface area (Å²) in [6.07, 6.45) is 1.11. The average Bonchev–Trinajstić information content (AvgIpc) is 2.53. The lowest BCUT2D eigenvalue weighted by Gasteiger charge is -2.31. The van der Waals surface area contributed by atoms with Crippen molar-refractivity contribution in [2.45, 2.75) is 12.8 Å². The standard InChI is InChI=1S/C15H18N2O4/c1-21-15(20)12-5-3-2-4-11(12)14(19)17-8-6-10(7-9-17)13(16)18/h2-5,10H,6-9H2,1H3,(H2,16,18). The molecular formula is C15H18N2O4. The fourth-order valence-corrected chi connectivity index (χ4v) is 2.50. The lowest BCUT2D eigenvalue weighted by Crippen LogP contribution is -2.42. The monoisotopic (exact) mass is 290 g/mol. The van der Waals surface area contributed by atoms with E-state index in [9.17, 15) is 14.4 Å². The Bertz CT molecular complexity index is 563. The van der Waals surface area contributed by atoms with E-state index in [1.54, 1.807) is 29.2 Å². The van der Waals surface area contributed by atoms with Crippen molar-refractivity contribution in [3.63, 3.8) is 0 Å². The van der Waals surface area contributed by atoms with Crippen LogP contribution < -0.4 is 5.73 Å². The number of hydrogen-bond acceptors (Lipinski definition) is 4. The predicted octanol–water partition coefficient (Wildman–Crippen LogP) is 0.811. The molecule has 2 N–H and O–H groups in total. The maximum absolute atomic E-state index is 12.5. The summed E-state index contributed by atoms with van der Waals surface area (Å²) in [4.78, 5) is 37.0. The number of hydrogen-bond donors (Lipinski definition) is 1. The lowest BCUT2D eigenvalue weighted by molar-refractivity contribution is -0.123. The van der Waals surface area contributed by atoms with Crippen LogP contribution in [0.2, 0.25) is 0 Å². The van der Waals surface area contributed by atoms with Gasteiger partial charge in [-0.1, -0.05) is 12.1 Å². The second-order valence-corrected chi connectivity index (χ2v) is 5.01. The Morgan fingerprint density at radius 1 is 1.14 bits per heavy atom. The van der Waals surface area contributed by atoms with Crippen LogP contribution in [-0.2, 0) is 9.53 Å². The molecule has 2 rings (SSSR count). The van der Waals surface area contributed by atoms with Crippen LogP contribution in [-0.4, -0.2) is 42.9 Å². The van der Waals surface area contributed by atoms with Crippen molar-refractivity contribution in [1.82, 2.24) is 4.90 Å². The number of carbonyl (C=O) groups excluding carboxylic acids is 3. The Morgan fingerprint density at radius 2 is 1.71 bits per heavy atom. The Kier molecular flexibility index (Phi) is 4.57. The number of piperidine rings is 1. The second kappa shape index (κ2) is 6.39. The first-order chi connectivity index (χ1) is 10.0. The van der Waals surface area contributed by atoms with E-state index in [2.05, 4.69) is 0 Å². The first kappa shape index (κ1) is 15.0. The number of ether oxygens (including phenoxy) is 1. The molecule has 1 fully saturated rings. The molecule has 1 heterocycles. The van der Waals surface area contributed by atoms with Crippen LogP contribution >= 0.6 is 0 Å². The van der Waals surface area contributed by atoms with Crippen LogP contribution in [0, 0.1) is 5.92 Å². The topological polar surface area (TPSA) is 89.7 Å². The van der Waals surface area contributed by atoms with Gasteiger partial charge in [-0.2, -0.15) is 0 Å². The van der Waals surface area contributed by atoms with Crippen LogP contribution in [0.3, 0.4) is 0 Å². The molecule has 0 unspecified atom stereocenters. The molecule has 0 aromatic heterocycles. The maximum Gasteiger partial charge on any atom is 0.338 e. The number of amides is 2. The van der Waals surface area contributed by atoms with Gasteiger partial charge in [-0.25, -0.2) is 4.79 Å². The molecule has 1 aromatic rings. The third kappa shape index (κ3) is 3.21. The van der Waals surface area contributed by atoms with Gasteiger partial charge in [-0.3, -0.25) is 9.59 Å². The van der Waals surface area contributed by atoms with Crippen molar-refractivity contribution in [1.29, 1.82) is 0 Å². The van der Waals surface area contributed by atoms with Crippen molar-refractivity contribution < 1.29 is 19.1 Å². The molecule has 6 nitrogen and oxygen atoms in total. The van der Waals surface area contributed by atoms with E-state index in [0.717, 1.165) is 0 Å². The zero-order valence-electron chi connectivity index (χ0n) is 11.9. The van der Waals surface area contributed by atoms with Crippen LogP contribution in [0.15, 0.2) is 24.3 Å². The van der Waals surface area contributed by atoms with Gasteiger partial charge in [0.25, 0.3) is 5.91 Å². The molecule has 1 aliphatic rings. The Morgan fingerprint density at radius 3 is 2.24 bits per heavy atom. The van der Waals surface area contributed by atoms with Gasteiger partial charge in [0, 0.05) is 19.0 Å². The van der Waals surface area contributed by atoms with Crippen molar-refractivity contribution in [2.75, 3.05) is 20.2 Å². The van der Waals surface area contributed by atoms with E-state index in [0.29, 0.717) is 31.5 Å². The average molecular weight is 290 g/mol. The molecule has 112 valence electrons. The number of likely N-dealkylation sites (tertiary alicyclic amines) is 1. The molecule has 0 spiro atoms. The summed E-state index contributed by atoms with van der Waals surface area (Å²) >= 11 is 0. The quantitative estimate of drug-likeness (QED) is 0.834. The minimum Gasteiger partial charge on any atom is -0.465 e. The Hall–Kier alpha value is -2.37. The summed E-state index contributed by atoms with van der Waals surface area (Å²) in [6, 6.07) is 6.56. The third-order valence-electron chi connectivity index (χ3n) is 3.75. The molecule has 0 atom stereocenters. The number of primary amides is 1. The smallest absolute Gasteiger partial charge is 0.338 e. The molecule has 0 saturated carbocycles. The van der Waals surface area contributed by atoms with Gasteiger partial charge in [-0.15, -0.1) is 0 Å². The first-order valence-electron chi connectivity index (χ1n) is 6.80. The molecule has 1 aliphatic heterocycles. The van der Waals surface area contributed by atoms with Crippen molar-refractivity contribution in [2.24, 2.45) is 11.7 Å². The highest BCUT2D eigenvalue weighted by Gasteiger charge is 2.28. The minimum atomic E-state index is -0.536. The number of nitrogens with zero attached hydrogens (tertiary/aromatic N) is 1. The lowest BCUT2D eigenvalue weighted by atomic mass is 9.95. The van der Waals surface area contributed by atoms with Crippen molar-refractivity contribution in [3.8, 4) is 0 Å². The van der Waals surface area contributed by atoms with Crippen LogP contribution in [0.4, 0.5) is 0 Å². The van der Waals surface area contributed by atoms with Gasteiger partial charge in [0.05, 0.1) is 18.2 Å². The number of esters is 1. The first-order valence-corrected chi connectivity index (χ1v) is 6.80. The molecular weight excluding hydrogens is 272 g/mol. The summed E-state index contributed by atoms with van der Waals surface area (Å²) in [6.45, 7) is 0.921. The van der Waals surface area contributed by atoms with E-state index in [1.165, 1.54) is 7.11 Å². The molecule has 2 amide bonds. The number of carbonyl (C=O) groups is 3.